The van der Waals surface area contributed by atoms with E-state index in [4.69, 9.17) is 5.73 Å². The summed E-state index contributed by atoms with van der Waals surface area (Å²) in [5.74, 6) is -0.935. The van der Waals surface area contributed by atoms with Gasteiger partial charge < -0.3 is 10.6 Å². The minimum absolute atomic E-state index is 0.0524. The number of pyridine rings is 1. The lowest BCUT2D eigenvalue weighted by Crippen LogP contribution is -2.64. The number of hydrogen-bond acceptors (Lipinski definition) is 7. The minimum atomic E-state index is -1.07. The van der Waals surface area contributed by atoms with Gasteiger partial charge in [-0.2, -0.15) is 0 Å². The summed E-state index contributed by atoms with van der Waals surface area (Å²) in [6, 6.07) is 2.30. The molecule has 0 radical (unpaired) electrons. The third kappa shape index (κ3) is 2.25. The zero-order chi connectivity index (χ0) is 15.1. The molecule has 1 aromatic heterocycles. The first-order valence-corrected chi connectivity index (χ1v) is 5.75. The Hall–Kier alpha value is -2.71. The highest BCUT2D eigenvalue weighted by molar-refractivity contribution is 6.06. The average Bonchev–Trinajstić information content (AvgIpc) is 2.33. The van der Waals surface area contributed by atoms with E-state index in [2.05, 4.69) is 10.3 Å². The number of nitrogens with two attached hydrogens (primary N) is 1. The Balaban J connectivity index is 2.51. The Morgan fingerprint density at radius 1 is 1.45 bits per heavy atom. The third-order valence-corrected chi connectivity index (χ3v) is 3.09. The van der Waals surface area contributed by atoms with Gasteiger partial charge in [0.05, 0.1) is 23.6 Å². The molecule has 0 spiro atoms. The highest BCUT2D eigenvalue weighted by Gasteiger charge is 2.42. The van der Waals surface area contributed by atoms with E-state index in [0.717, 1.165) is 6.07 Å². The van der Waals surface area contributed by atoms with Crippen LogP contribution in [-0.4, -0.2) is 33.8 Å². The summed E-state index contributed by atoms with van der Waals surface area (Å²) < 4.78 is 0. The molecular formula is C11H13N5O4. The zero-order valence-electron chi connectivity index (χ0n) is 10.9. The van der Waals surface area contributed by atoms with Crippen molar-refractivity contribution in [3.8, 4) is 0 Å². The molecule has 0 bridgehead atoms. The molecular weight excluding hydrogens is 266 g/mol. The van der Waals surface area contributed by atoms with E-state index >= 15 is 0 Å². The number of hydrogen-bond donors (Lipinski definition) is 2. The topological polar surface area (TPSA) is 131 Å². The third-order valence-electron chi connectivity index (χ3n) is 3.09. The van der Waals surface area contributed by atoms with Crippen LogP contribution in [0.25, 0.3) is 0 Å². The smallest absolute Gasteiger partial charge is 0.276 e. The second kappa shape index (κ2) is 4.44. The first kappa shape index (κ1) is 13.7. The van der Waals surface area contributed by atoms with Crippen molar-refractivity contribution < 1.29 is 14.5 Å². The van der Waals surface area contributed by atoms with E-state index < -0.39 is 22.3 Å². The predicted octanol–water partition coefficient (Wildman–Crippen LogP) is -0.187. The van der Waals surface area contributed by atoms with E-state index in [9.17, 15) is 19.7 Å². The van der Waals surface area contributed by atoms with Gasteiger partial charge in [-0.05, 0) is 13.8 Å². The number of amides is 2. The standard InChI is InChI=1S/C11H13N5O4/c1-11(2)10(18)14-9(17)5-15(11)8-4-6(16(19)20)3-7(12)13-8/h3-4H,5H2,1-2H3,(H2,12,13)(H,14,17,18). The second-order valence-electron chi connectivity index (χ2n) is 4.89. The molecule has 2 heterocycles. The van der Waals surface area contributed by atoms with Crippen LogP contribution in [0, 0.1) is 10.1 Å². The van der Waals surface area contributed by atoms with Gasteiger partial charge >= 0.3 is 0 Å². The lowest BCUT2D eigenvalue weighted by molar-refractivity contribution is -0.384. The zero-order valence-corrected chi connectivity index (χ0v) is 10.9. The molecule has 2 amide bonds. The number of nitrogens with zero attached hydrogens (tertiary/aromatic N) is 3. The monoisotopic (exact) mass is 279 g/mol. The van der Waals surface area contributed by atoms with Crippen LogP contribution < -0.4 is 16.0 Å². The fourth-order valence-electron chi connectivity index (χ4n) is 1.92. The molecule has 20 heavy (non-hydrogen) atoms. The molecule has 2 rings (SSSR count). The molecule has 106 valence electrons. The quantitative estimate of drug-likeness (QED) is 0.435. The van der Waals surface area contributed by atoms with Gasteiger partial charge in [0.25, 0.3) is 11.6 Å². The summed E-state index contributed by atoms with van der Waals surface area (Å²) in [6.45, 7) is 3.04. The van der Waals surface area contributed by atoms with Crippen molar-refractivity contribution in [1.29, 1.82) is 0 Å². The summed E-state index contributed by atoms with van der Waals surface area (Å²) in [7, 11) is 0. The Labute approximate surface area is 113 Å². The maximum Gasteiger partial charge on any atom is 0.276 e. The number of anilines is 2. The van der Waals surface area contributed by atoms with Gasteiger partial charge in [-0.25, -0.2) is 4.98 Å². The Morgan fingerprint density at radius 2 is 2.10 bits per heavy atom. The summed E-state index contributed by atoms with van der Waals surface area (Å²) in [5, 5.41) is 13.0. The number of piperazine rings is 1. The van der Waals surface area contributed by atoms with Crippen molar-refractivity contribution in [3.63, 3.8) is 0 Å². The van der Waals surface area contributed by atoms with Crippen LogP contribution >= 0.6 is 0 Å². The van der Waals surface area contributed by atoms with Crippen LogP contribution in [0.3, 0.4) is 0 Å². The molecule has 1 fully saturated rings. The minimum Gasteiger partial charge on any atom is -0.383 e. The maximum absolute atomic E-state index is 11.8. The van der Waals surface area contributed by atoms with Crippen LogP contribution in [0.2, 0.25) is 0 Å². The molecule has 0 saturated carbocycles. The van der Waals surface area contributed by atoms with E-state index in [1.807, 2.05) is 0 Å². The molecule has 9 nitrogen and oxygen atoms in total. The lowest BCUT2D eigenvalue weighted by atomic mass is 9.98. The van der Waals surface area contributed by atoms with E-state index in [1.54, 1.807) is 13.8 Å². The molecule has 1 aromatic rings. The molecule has 0 aliphatic carbocycles. The van der Waals surface area contributed by atoms with Gasteiger partial charge in [0.15, 0.2) is 0 Å². The van der Waals surface area contributed by atoms with Crippen molar-refractivity contribution in [2.45, 2.75) is 19.4 Å². The maximum atomic E-state index is 11.8. The van der Waals surface area contributed by atoms with E-state index in [0.29, 0.717) is 0 Å². The van der Waals surface area contributed by atoms with Crippen molar-refractivity contribution in [2.24, 2.45) is 0 Å². The first-order valence-electron chi connectivity index (χ1n) is 5.75. The van der Waals surface area contributed by atoms with Crippen LogP contribution in [0.1, 0.15) is 13.8 Å². The number of carbonyl (C=O) groups excluding carboxylic acids is 2. The molecule has 0 unspecified atom stereocenters. The number of carbonyl (C=O) groups is 2. The first-order chi connectivity index (χ1) is 9.21. The Morgan fingerprint density at radius 3 is 2.70 bits per heavy atom. The fourth-order valence-corrected chi connectivity index (χ4v) is 1.92. The van der Waals surface area contributed by atoms with Crippen molar-refractivity contribution in [2.75, 3.05) is 17.2 Å². The Kier molecular flexibility index (Phi) is 3.04. The highest BCUT2D eigenvalue weighted by Crippen LogP contribution is 2.28. The fraction of sp³-hybridized carbons (Fsp3) is 0.364. The molecule has 0 atom stereocenters. The lowest BCUT2D eigenvalue weighted by Gasteiger charge is -2.40. The largest absolute Gasteiger partial charge is 0.383 e. The van der Waals surface area contributed by atoms with Gasteiger partial charge in [-0.3, -0.25) is 25.0 Å². The highest BCUT2D eigenvalue weighted by atomic mass is 16.6. The SMILES string of the molecule is CC1(C)C(=O)NC(=O)CN1c1cc([N+](=O)[O-])cc(N)n1. The number of imide groups is 1. The van der Waals surface area contributed by atoms with Crippen LogP contribution in [0.15, 0.2) is 12.1 Å². The molecule has 1 aliphatic rings. The number of nitrogen functional groups attached to an aromatic ring is 1. The normalized spacial score (nSPS) is 17.8. The van der Waals surface area contributed by atoms with Gasteiger partial charge in [-0.15, -0.1) is 0 Å². The number of aromatic nitrogens is 1. The van der Waals surface area contributed by atoms with Crippen molar-refractivity contribution >= 4 is 29.1 Å². The average molecular weight is 279 g/mol. The summed E-state index contributed by atoms with van der Waals surface area (Å²) in [5.41, 5.74) is 4.22. The van der Waals surface area contributed by atoms with E-state index in [-0.39, 0.29) is 23.9 Å². The predicted molar refractivity (Wildman–Crippen MR) is 69.9 cm³/mol. The molecule has 3 N–H and O–H groups in total. The van der Waals surface area contributed by atoms with Gasteiger partial charge in [0.2, 0.25) is 5.91 Å². The summed E-state index contributed by atoms with van der Waals surface area (Å²) in [4.78, 5) is 38.9. The van der Waals surface area contributed by atoms with Gasteiger partial charge in [0.1, 0.15) is 17.2 Å². The summed E-state index contributed by atoms with van der Waals surface area (Å²) in [6.07, 6.45) is 0. The molecule has 9 heteroatoms. The second-order valence-corrected chi connectivity index (χ2v) is 4.89. The van der Waals surface area contributed by atoms with Crippen molar-refractivity contribution in [1.82, 2.24) is 10.3 Å². The number of nitro groups is 1. The van der Waals surface area contributed by atoms with E-state index in [1.165, 1.54) is 11.0 Å². The molecule has 0 aromatic carbocycles. The van der Waals surface area contributed by atoms with Gasteiger partial charge in [-0.1, -0.05) is 0 Å². The van der Waals surface area contributed by atoms with Gasteiger partial charge in [0, 0.05) is 0 Å². The Bertz CT molecular complexity index is 613. The van der Waals surface area contributed by atoms with Crippen LogP contribution in [-0.2, 0) is 9.59 Å². The molecule has 1 saturated heterocycles. The van der Waals surface area contributed by atoms with Crippen LogP contribution in [0.4, 0.5) is 17.3 Å². The number of rotatable bonds is 2. The van der Waals surface area contributed by atoms with Crippen molar-refractivity contribution in [3.05, 3.63) is 22.2 Å². The van der Waals surface area contributed by atoms with Crippen LogP contribution in [0.5, 0.6) is 0 Å². The number of nitrogens with one attached hydrogen (secondary N) is 1. The molecule has 1 aliphatic heterocycles. The summed E-state index contributed by atoms with van der Waals surface area (Å²) >= 11 is 0.